The Hall–Kier alpha value is -4.48. The van der Waals surface area contributed by atoms with Crippen LogP contribution in [-0.4, -0.2) is 47.7 Å². The van der Waals surface area contributed by atoms with Gasteiger partial charge < -0.3 is 10.6 Å². The van der Waals surface area contributed by atoms with Crippen LogP contribution in [0.2, 0.25) is 0 Å². The van der Waals surface area contributed by atoms with Crippen molar-refractivity contribution in [2.45, 2.75) is 24.2 Å². The fraction of sp³-hybridized carbons (Fsp3) is 0.172. The van der Waals surface area contributed by atoms with E-state index in [0.29, 0.717) is 23.0 Å². The molecule has 2 aromatic heterocycles. The van der Waals surface area contributed by atoms with E-state index in [0.717, 1.165) is 52.9 Å². The monoisotopic (exact) mass is 555 g/mol. The minimum Gasteiger partial charge on any atom is -0.326 e. The number of carbonyl (C=O) groups is 1. The number of aromatic amines is 1. The maximum atomic E-state index is 13.4. The summed E-state index contributed by atoms with van der Waals surface area (Å²) in [6.45, 7) is 1.75. The highest BCUT2D eigenvalue weighted by atomic mass is 32.2. The number of anilines is 3. The Morgan fingerprint density at radius 3 is 2.58 bits per heavy atom. The van der Waals surface area contributed by atoms with Crippen LogP contribution in [0.4, 0.5) is 21.7 Å². The number of halogens is 1. The van der Waals surface area contributed by atoms with Crippen molar-refractivity contribution < 1.29 is 13.4 Å². The molecular weight excluding hydrogens is 529 g/mol. The van der Waals surface area contributed by atoms with Crippen LogP contribution in [0.3, 0.4) is 0 Å². The fourth-order valence-corrected chi connectivity index (χ4v) is 5.94. The molecule has 3 aromatic carbocycles. The zero-order chi connectivity index (χ0) is 27.5. The lowest BCUT2D eigenvalue weighted by Gasteiger charge is -2.14. The molecule has 202 valence electrons. The molecule has 0 aliphatic carbocycles. The molecule has 0 bridgehead atoms. The van der Waals surface area contributed by atoms with Crippen LogP contribution in [-0.2, 0) is 22.2 Å². The molecular formula is C29H26FN7O2S. The van der Waals surface area contributed by atoms with Crippen molar-refractivity contribution in [2.75, 3.05) is 23.7 Å². The van der Waals surface area contributed by atoms with Crippen LogP contribution < -0.4 is 10.6 Å². The van der Waals surface area contributed by atoms with Gasteiger partial charge in [0, 0.05) is 35.9 Å². The molecule has 1 atom stereocenters. The number of hydrogen-bond donors (Lipinski definition) is 3. The van der Waals surface area contributed by atoms with Gasteiger partial charge in [-0.2, -0.15) is 5.10 Å². The third-order valence-electron chi connectivity index (χ3n) is 6.66. The zero-order valence-corrected chi connectivity index (χ0v) is 22.2. The average molecular weight is 556 g/mol. The van der Waals surface area contributed by atoms with E-state index in [4.69, 9.17) is 0 Å². The molecule has 1 fully saturated rings. The number of fused-ring (bicyclic) bond motifs is 1. The Balaban J connectivity index is 1.14. The normalized spacial score (nSPS) is 14.3. The molecule has 3 heterocycles. The number of H-pyrrole nitrogens is 1. The van der Waals surface area contributed by atoms with Crippen molar-refractivity contribution >= 4 is 45.1 Å². The molecule has 3 N–H and O–H groups in total. The molecule has 1 saturated heterocycles. The lowest BCUT2D eigenvalue weighted by molar-refractivity contribution is -0.115. The van der Waals surface area contributed by atoms with Crippen LogP contribution >= 0.6 is 0 Å². The Morgan fingerprint density at radius 1 is 0.975 bits per heavy atom. The zero-order valence-electron chi connectivity index (χ0n) is 21.4. The molecule has 1 unspecified atom stereocenters. The van der Waals surface area contributed by atoms with E-state index in [1.807, 2.05) is 46.8 Å². The van der Waals surface area contributed by atoms with Crippen LogP contribution in [0, 0.1) is 5.82 Å². The van der Waals surface area contributed by atoms with Gasteiger partial charge in [0.1, 0.15) is 28.9 Å². The standard InChI is InChI=1S/C29H26FN7O2S/c30-21-4-3-5-22(15-21)33-28(38)17-23-16-27(36-35-23)34-29-25-11-8-20(14-26(25)31-18-32-29)19-6-9-24(10-7-19)40(39)37-12-1-2-13-37/h3-11,14-16,18H,1-2,12-13,17H2,(H,33,38)(H2,31,32,34,35,36). The second-order valence-corrected chi connectivity index (χ2v) is 11.0. The van der Waals surface area contributed by atoms with Gasteiger partial charge in [-0.25, -0.2) is 22.9 Å². The van der Waals surface area contributed by atoms with Crippen LogP contribution in [0.1, 0.15) is 18.5 Å². The smallest absolute Gasteiger partial charge is 0.230 e. The minimum atomic E-state index is -1.12. The topological polar surface area (TPSA) is 116 Å². The maximum absolute atomic E-state index is 13.4. The first-order chi connectivity index (χ1) is 19.5. The predicted octanol–water partition coefficient (Wildman–Crippen LogP) is 5.20. The van der Waals surface area contributed by atoms with Gasteiger partial charge in [0.15, 0.2) is 5.82 Å². The maximum Gasteiger partial charge on any atom is 0.230 e. The lowest BCUT2D eigenvalue weighted by Crippen LogP contribution is -2.21. The number of nitrogens with zero attached hydrogens (tertiary/aromatic N) is 4. The van der Waals surface area contributed by atoms with Gasteiger partial charge in [0.2, 0.25) is 5.91 Å². The minimum absolute atomic E-state index is 0.0451. The number of benzene rings is 3. The van der Waals surface area contributed by atoms with Gasteiger partial charge in [-0.1, -0.05) is 24.3 Å². The summed E-state index contributed by atoms with van der Waals surface area (Å²) in [5, 5.41) is 13.8. The van der Waals surface area contributed by atoms with E-state index in [1.54, 1.807) is 12.1 Å². The summed E-state index contributed by atoms with van der Waals surface area (Å²) >= 11 is 0. The fourth-order valence-electron chi connectivity index (χ4n) is 4.68. The Morgan fingerprint density at radius 2 is 1.77 bits per heavy atom. The summed E-state index contributed by atoms with van der Waals surface area (Å²) in [5.74, 6) is 0.365. The number of hydrogen-bond acceptors (Lipinski definition) is 6. The quantitative estimate of drug-likeness (QED) is 0.242. The Labute approximate surface area is 232 Å². The molecule has 0 spiro atoms. The first-order valence-electron chi connectivity index (χ1n) is 12.9. The summed E-state index contributed by atoms with van der Waals surface area (Å²) in [4.78, 5) is 22.0. The number of aromatic nitrogens is 4. The average Bonchev–Trinajstić information content (AvgIpc) is 3.65. The van der Waals surface area contributed by atoms with E-state index in [-0.39, 0.29) is 12.3 Å². The molecule has 1 aliphatic heterocycles. The molecule has 1 aliphatic rings. The first kappa shape index (κ1) is 25.8. The van der Waals surface area contributed by atoms with E-state index in [9.17, 15) is 13.4 Å². The van der Waals surface area contributed by atoms with Gasteiger partial charge in [0.05, 0.1) is 16.8 Å². The highest BCUT2D eigenvalue weighted by Gasteiger charge is 2.19. The van der Waals surface area contributed by atoms with Crippen molar-refractivity contribution in [1.29, 1.82) is 0 Å². The molecule has 9 nitrogen and oxygen atoms in total. The summed E-state index contributed by atoms with van der Waals surface area (Å²) in [6, 6.07) is 21.2. The van der Waals surface area contributed by atoms with E-state index >= 15 is 0 Å². The van der Waals surface area contributed by atoms with Crippen molar-refractivity contribution in [2.24, 2.45) is 0 Å². The Bertz CT molecular complexity index is 1700. The van der Waals surface area contributed by atoms with E-state index in [1.165, 1.54) is 24.5 Å². The van der Waals surface area contributed by atoms with Crippen molar-refractivity contribution in [3.63, 3.8) is 0 Å². The highest BCUT2D eigenvalue weighted by molar-refractivity contribution is 7.82. The number of rotatable bonds is 8. The van der Waals surface area contributed by atoms with Gasteiger partial charge in [-0.15, -0.1) is 0 Å². The predicted molar refractivity (Wildman–Crippen MR) is 153 cm³/mol. The lowest BCUT2D eigenvalue weighted by atomic mass is 10.0. The molecule has 40 heavy (non-hydrogen) atoms. The van der Waals surface area contributed by atoms with Crippen molar-refractivity contribution in [3.05, 3.63) is 90.6 Å². The van der Waals surface area contributed by atoms with Gasteiger partial charge in [-0.05, 0) is 66.4 Å². The third-order valence-corrected chi connectivity index (χ3v) is 8.17. The van der Waals surface area contributed by atoms with Crippen LogP contribution in [0.25, 0.3) is 22.0 Å². The largest absolute Gasteiger partial charge is 0.326 e. The summed E-state index contributed by atoms with van der Waals surface area (Å²) in [7, 11) is -1.12. The second kappa shape index (κ2) is 11.3. The van der Waals surface area contributed by atoms with Crippen molar-refractivity contribution in [1.82, 2.24) is 24.5 Å². The molecule has 6 rings (SSSR count). The van der Waals surface area contributed by atoms with E-state index in [2.05, 4.69) is 30.8 Å². The SMILES string of the molecule is O=C(Cc1cc(Nc2ncnc3cc(-c4ccc(S(=O)N5CCCC5)cc4)ccc23)n[nH]1)Nc1cccc(F)c1. The van der Waals surface area contributed by atoms with Crippen LogP contribution in [0.15, 0.2) is 84.0 Å². The first-order valence-corrected chi connectivity index (χ1v) is 14.0. The third kappa shape index (κ3) is 5.75. The molecule has 11 heteroatoms. The van der Waals surface area contributed by atoms with Crippen molar-refractivity contribution in [3.8, 4) is 11.1 Å². The van der Waals surface area contributed by atoms with E-state index < -0.39 is 16.8 Å². The summed E-state index contributed by atoms with van der Waals surface area (Å²) < 4.78 is 28.2. The van der Waals surface area contributed by atoms with Gasteiger partial charge in [-0.3, -0.25) is 9.89 Å². The second-order valence-electron chi connectivity index (χ2n) is 9.50. The number of amides is 1. The van der Waals surface area contributed by atoms with Crippen LogP contribution in [0.5, 0.6) is 0 Å². The molecule has 0 saturated carbocycles. The summed E-state index contributed by atoms with van der Waals surface area (Å²) in [5.41, 5.74) is 3.73. The summed E-state index contributed by atoms with van der Waals surface area (Å²) in [6.07, 6.45) is 3.71. The molecule has 5 aromatic rings. The van der Waals surface area contributed by atoms with Gasteiger partial charge >= 0.3 is 0 Å². The van der Waals surface area contributed by atoms with Gasteiger partial charge in [0.25, 0.3) is 0 Å². The highest BCUT2D eigenvalue weighted by Crippen LogP contribution is 2.29. The Kier molecular flexibility index (Phi) is 7.30. The molecule has 0 radical (unpaired) electrons. The number of nitrogens with one attached hydrogen (secondary N) is 3. The molecule has 1 amide bonds. The number of carbonyl (C=O) groups excluding carboxylic acids is 1.